The van der Waals surface area contributed by atoms with E-state index in [1.54, 1.807) is 7.11 Å². The smallest absolute Gasteiger partial charge is 0.247 e. The fraction of sp³-hybridized carbons (Fsp3) is 0.348. The van der Waals surface area contributed by atoms with Crippen LogP contribution >= 0.6 is 0 Å². The van der Waals surface area contributed by atoms with E-state index in [1.165, 1.54) is 5.56 Å². The van der Waals surface area contributed by atoms with Crippen LogP contribution in [0.5, 0.6) is 5.75 Å². The number of hydrogen-bond donors (Lipinski definition) is 1. The number of aromatic nitrogens is 2. The van der Waals surface area contributed by atoms with Crippen LogP contribution in [0.2, 0.25) is 0 Å². The van der Waals surface area contributed by atoms with Gasteiger partial charge in [-0.3, -0.25) is 4.79 Å². The van der Waals surface area contributed by atoms with Gasteiger partial charge in [0.2, 0.25) is 17.7 Å². The van der Waals surface area contributed by atoms with E-state index >= 15 is 0 Å². The first-order valence-corrected chi connectivity index (χ1v) is 9.79. The number of methoxy groups -OCH3 is 1. The van der Waals surface area contributed by atoms with Gasteiger partial charge in [-0.05, 0) is 42.7 Å². The Morgan fingerprint density at radius 1 is 1.07 bits per heavy atom. The van der Waals surface area contributed by atoms with Crippen LogP contribution in [0.1, 0.15) is 43.3 Å². The van der Waals surface area contributed by atoms with Crippen LogP contribution in [0.4, 0.5) is 0 Å². The SMILES string of the molecule is COc1ccc(C(NC(=O)CCc2nnc(-c3ccc(C)cc3)o2)C(C)C)cc1. The van der Waals surface area contributed by atoms with Crippen LogP contribution in [-0.2, 0) is 11.2 Å². The van der Waals surface area contributed by atoms with Gasteiger partial charge >= 0.3 is 0 Å². The summed E-state index contributed by atoms with van der Waals surface area (Å²) in [7, 11) is 1.64. The van der Waals surface area contributed by atoms with Crippen molar-refractivity contribution in [3.05, 3.63) is 65.5 Å². The molecule has 0 spiro atoms. The van der Waals surface area contributed by atoms with Crippen LogP contribution in [0.25, 0.3) is 11.5 Å². The molecule has 1 N–H and O–H groups in total. The van der Waals surface area contributed by atoms with Crippen molar-refractivity contribution in [2.75, 3.05) is 7.11 Å². The second kappa shape index (κ2) is 9.37. The number of rotatable bonds is 8. The van der Waals surface area contributed by atoms with E-state index in [4.69, 9.17) is 9.15 Å². The minimum atomic E-state index is -0.0702. The predicted octanol–water partition coefficient (Wildman–Crippen LogP) is 4.50. The first-order valence-electron chi connectivity index (χ1n) is 9.79. The average Bonchev–Trinajstić information content (AvgIpc) is 3.20. The lowest BCUT2D eigenvalue weighted by molar-refractivity contribution is -0.122. The van der Waals surface area contributed by atoms with Crippen molar-refractivity contribution in [3.8, 4) is 17.2 Å². The van der Waals surface area contributed by atoms with Gasteiger partial charge in [-0.25, -0.2) is 0 Å². The maximum Gasteiger partial charge on any atom is 0.247 e. The number of aryl methyl sites for hydroxylation is 2. The molecular weight excluding hydrogens is 366 g/mol. The summed E-state index contributed by atoms with van der Waals surface area (Å²) in [6.07, 6.45) is 0.688. The first-order chi connectivity index (χ1) is 14.0. The van der Waals surface area contributed by atoms with E-state index in [0.29, 0.717) is 18.2 Å². The molecule has 1 amide bonds. The summed E-state index contributed by atoms with van der Waals surface area (Å²) in [5.41, 5.74) is 3.09. The molecule has 0 bridgehead atoms. The zero-order valence-electron chi connectivity index (χ0n) is 17.3. The Hall–Kier alpha value is -3.15. The molecule has 1 heterocycles. The summed E-state index contributed by atoms with van der Waals surface area (Å²) in [6.45, 7) is 6.19. The second-order valence-corrected chi connectivity index (χ2v) is 7.43. The maximum atomic E-state index is 12.5. The molecule has 0 aliphatic heterocycles. The summed E-state index contributed by atoms with van der Waals surface area (Å²) in [5.74, 6) is 1.93. The molecule has 152 valence electrons. The van der Waals surface area contributed by atoms with Crippen molar-refractivity contribution in [1.29, 1.82) is 0 Å². The molecule has 6 nitrogen and oxygen atoms in total. The number of benzene rings is 2. The fourth-order valence-electron chi connectivity index (χ4n) is 3.08. The van der Waals surface area contributed by atoms with Crippen LogP contribution < -0.4 is 10.1 Å². The number of nitrogens with zero attached hydrogens (tertiary/aromatic N) is 2. The maximum absolute atomic E-state index is 12.5. The Bertz CT molecular complexity index is 931. The Morgan fingerprint density at radius 2 is 1.76 bits per heavy atom. The third-order valence-corrected chi connectivity index (χ3v) is 4.79. The van der Waals surface area contributed by atoms with Crippen molar-refractivity contribution < 1.29 is 13.9 Å². The van der Waals surface area contributed by atoms with Crippen LogP contribution in [0, 0.1) is 12.8 Å². The van der Waals surface area contributed by atoms with E-state index in [9.17, 15) is 4.79 Å². The average molecular weight is 393 g/mol. The second-order valence-electron chi connectivity index (χ2n) is 7.43. The summed E-state index contributed by atoms with van der Waals surface area (Å²) >= 11 is 0. The topological polar surface area (TPSA) is 77.2 Å². The molecule has 0 fully saturated rings. The highest BCUT2D eigenvalue weighted by Gasteiger charge is 2.19. The molecule has 29 heavy (non-hydrogen) atoms. The molecule has 2 aromatic carbocycles. The molecule has 0 aliphatic carbocycles. The van der Waals surface area contributed by atoms with Gasteiger partial charge in [0, 0.05) is 18.4 Å². The van der Waals surface area contributed by atoms with Crippen molar-refractivity contribution in [1.82, 2.24) is 15.5 Å². The van der Waals surface area contributed by atoms with E-state index in [0.717, 1.165) is 16.9 Å². The first kappa shape index (κ1) is 20.6. The van der Waals surface area contributed by atoms with Gasteiger partial charge < -0.3 is 14.5 Å². The molecule has 3 aromatic rings. The minimum absolute atomic E-state index is 0.0467. The number of nitrogens with one attached hydrogen (secondary N) is 1. The molecule has 0 aliphatic rings. The van der Waals surface area contributed by atoms with Crippen molar-refractivity contribution in [2.45, 2.75) is 39.7 Å². The molecule has 0 radical (unpaired) electrons. The third-order valence-electron chi connectivity index (χ3n) is 4.79. The zero-order valence-corrected chi connectivity index (χ0v) is 17.3. The molecular formula is C23H27N3O3. The molecule has 0 saturated carbocycles. The van der Waals surface area contributed by atoms with Crippen molar-refractivity contribution >= 4 is 5.91 Å². The standard InChI is InChI=1S/C23H27N3O3/c1-15(2)22(17-9-11-19(28-4)12-10-17)24-20(27)13-14-21-25-26-23(29-21)18-7-5-16(3)6-8-18/h5-12,15,22H,13-14H2,1-4H3,(H,24,27). The monoisotopic (exact) mass is 393 g/mol. The van der Waals surface area contributed by atoms with E-state index < -0.39 is 0 Å². The number of carbonyl (C=O) groups is 1. The van der Waals surface area contributed by atoms with Gasteiger partial charge in [-0.15, -0.1) is 10.2 Å². The molecule has 3 rings (SSSR count). The number of carbonyl (C=O) groups excluding carboxylic acids is 1. The summed E-state index contributed by atoms with van der Waals surface area (Å²) in [4.78, 5) is 12.5. The zero-order chi connectivity index (χ0) is 20.8. The molecule has 0 saturated heterocycles. The molecule has 1 atom stereocenters. The normalized spacial score (nSPS) is 12.0. The van der Waals surface area contributed by atoms with Gasteiger partial charge in [0.25, 0.3) is 0 Å². The molecule has 1 unspecified atom stereocenters. The largest absolute Gasteiger partial charge is 0.497 e. The Morgan fingerprint density at radius 3 is 2.38 bits per heavy atom. The van der Waals surface area contributed by atoms with Gasteiger partial charge in [0.05, 0.1) is 13.2 Å². The predicted molar refractivity (Wildman–Crippen MR) is 112 cm³/mol. The Kier molecular flexibility index (Phi) is 6.65. The van der Waals surface area contributed by atoms with Gasteiger partial charge in [0.1, 0.15) is 5.75 Å². The highest BCUT2D eigenvalue weighted by atomic mass is 16.5. The Balaban J connectivity index is 1.58. The van der Waals surface area contributed by atoms with Crippen LogP contribution in [0.15, 0.2) is 52.9 Å². The molecule has 6 heteroatoms. The lowest BCUT2D eigenvalue weighted by atomic mass is 9.95. The minimum Gasteiger partial charge on any atom is -0.497 e. The summed E-state index contributed by atoms with van der Waals surface area (Å²) in [5, 5.41) is 11.3. The van der Waals surface area contributed by atoms with Gasteiger partial charge in [0.15, 0.2) is 0 Å². The van der Waals surface area contributed by atoms with Crippen LogP contribution in [-0.4, -0.2) is 23.2 Å². The highest BCUT2D eigenvalue weighted by molar-refractivity contribution is 5.76. The lowest BCUT2D eigenvalue weighted by Gasteiger charge is -2.23. The van der Waals surface area contributed by atoms with Crippen molar-refractivity contribution in [3.63, 3.8) is 0 Å². The van der Waals surface area contributed by atoms with E-state index in [1.807, 2.05) is 55.5 Å². The number of amides is 1. The lowest BCUT2D eigenvalue weighted by Crippen LogP contribution is -2.31. The molecule has 1 aromatic heterocycles. The number of ether oxygens (including phenoxy) is 1. The van der Waals surface area contributed by atoms with E-state index in [-0.39, 0.29) is 24.3 Å². The summed E-state index contributed by atoms with van der Waals surface area (Å²) in [6, 6.07) is 15.6. The highest BCUT2D eigenvalue weighted by Crippen LogP contribution is 2.24. The summed E-state index contributed by atoms with van der Waals surface area (Å²) < 4.78 is 10.9. The van der Waals surface area contributed by atoms with Crippen LogP contribution in [0.3, 0.4) is 0 Å². The van der Waals surface area contributed by atoms with Gasteiger partial charge in [-0.1, -0.05) is 43.7 Å². The quantitative estimate of drug-likeness (QED) is 0.610. The Labute approximate surface area is 171 Å². The fourth-order valence-corrected chi connectivity index (χ4v) is 3.08. The van der Waals surface area contributed by atoms with E-state index in [2.05, 4.69) is 29.4 Å². The van der Waals surface area contributed by atoms with Gasteiger partial charge in [-0.2, -0.15) is 0 Å². The third kappa shape index (κ3) is 5.44. The number of hydrogen-bond acceptors (Lipinski definition) is 5. The van der Waals surface area contributed by atoms with Crippen molar-refractivity contribution in [2.24, 2.45) is 5.92 Å².